The zero-order valence-electron chi connectivity index (χ0n) is 22.0. The Balaban J connectivity index is 1.63. The summed E-state index contributed by atoms with van der Waals surface area (Å²) in [5, 5.41) is 4.78. The Morgan fingerprint density at radius 2 is 1.69 bits per heavy atom. The average molecular weight is 588 g/mol. The molecule has 2 amide bonds. The summed E-state index contributed by atoms with van der Waals surface area (Å²) < 4.78 is 5.87. The normalized spacial score (nSPS) is 14.5. The number of carbonyl (C=O) groups is 2. The van der Waals surface area contributed by atoms with E-state index < -0.39 is 6.04 Å². The van der Waals surface area contributed by atoms with E-state index in [1.807, 2.05) is 37.3 Å². The van der Waals surface area contributed by atoms with E-state index in [2.05, 4.69) is 5.32 Å². The molecule has 1 saturated carbocycles. The Kier molecular flexibility index (Phi) is 10.6. The lowest BCUT2D eigenvalue weighted by Crippen LogP contribution is -2.53. The lowest BCUT2D eigenvalue weighted by atomic mass is 9.94. The number of halogens is 3. The van der Waals surface area contributed by atoms with Crippen molar-refractivity contribution in [2.24, 2.45) is 0 Å². The van der Waals surface area contributed by atoms with Gasteiger partial charge >= 0.3 is 0 Å². The van der Waals surface area contributed by atoms with Crippen LogP contribution in [0.2, 0.25) is 15.1 Å². The molecule has 8 heteroatoms. The van der Waals surface area contributed by atoms with Crippen molar-refractivity contribution in [3.63, 3.8) is 0 Å². The van der Waals surface area contributed by atoms with Crippen molar-refractivity contribution in [1.82, 2.24) is 10.2 Å². The second-order valence-electron chi connectivity index (χ2n) is 10.0. The molecular weight excluding hydrogens is 555 g/mol. The van der Waals surface area contributed by atoms with E-state index in [0.717, 1.165) is 36.8 Å². The Labute approximate surface area is 245 Å². The molecular formula is C31H33Cl3N2O3. The number of carbonyl (C=O) groups excluding carboxylic acids is 2. The lowest BCUT2D eigenvalue weighted by Gasteiger charge is -2.33. The van der Waals surface area contributed by atoms with E-state index in [4.69, 9.17) is 39.5 Å². The van der Waals surface area contributed by atoms with Gasteiger partial charge in [0.1, 0.15) is 11.8 Å². The zero-order valence-corrected chi connectivity index (χ0v) is 24.2. The summed E-state index contributed by atoms with van der Waals surface area (Å²) in [5.41, 5.74) is 2.50. The Bertz CT molecular complexity index is 1280. The number of benzene rings is 3. The maximum atomic E-state index is 13.8. The molecule has 206 valence electrons. The second kappa shape index (κ2) is 14.1. The highest BCUT2D eigenvalue weighted by atomic mass is 35.5. The number of amides is 2. The summed E-state index contributed by atoms with van der Waals surface area (Å²) in [7, 11) is 0. The van der Waals surface area contributed by atoms with Gasteiger partial charge in [-0.3, -0.25) is 9.59 Å². The quantitative estimate of drug-likeness (QED) is 0.268. The minimum Gasteiger partial charge on any atom is -0.484 e. The van der Waals surface area contributed by atoms with Crippen LogP contribution in [0.5, 0.6) is 5.75 Å². The molecule has 39 heavy (non-hydrogen) atoms. The average Bonchev–Trinajstić information content (AvgIpc) is 2.93. The molecule has 0 aromatic heterocycles. The van der Waals surface area contributed by atoms with Crippen LogP contribution in [0.1, 0.15) is 48.8 Å². The molecule has 1 N–H and O–H groups in total. The van der Waals surface area contributed by atoms with Gasteiger partial charge in [0.2, 0.25) is 5.91 Å². The third-order valence-electron chi connectivity index (χ3n) is 7.07. The maximum Gasteiger partial charge on any atom is 0.261 e. The summed E-state index contributed by atoms with van der Waals surface area (Å²) in [6.07, 6.45) is 5.61. The number of rotatable bonds is 10. The first-order valence-electron chi connectivity index (χ1n) is 13.3. The minimum absolute atomic E-state index is 0.105. The second-order valence-corrected chi connectivity index (χ2v) is 11.3. The van der Waals surface area contributed by atoms with E-state index in [0.29, 0.717) is 32.8 Å². The van der Waals surface area contributed by atoms with E-state index >= 15 is 0 Å². The van der Waals surface area contributed by atoms with Gasteiger partial charge in [0.15, 0.2) is 6.61 Å². The summed E-state index contributed by atoms with van der Waals surface area (Å²) in [4.78, 5) is 29.2. The molecule has 0 heterocycles. The maximum absolute atomic E-state index is 13.8. The van der Waals surface area contributed by atoms with Crippen molar-refractivity contribution < 1.29 is 14.3 Å². The van der Waals surface area contributed by atoms with E-state index in [1.54, 1.807) is 41.3 Å². The number of nitrogens with one attached hydrogen (secondary N) is 1. The number of aryl methyl sites for hydroxylation is 1. The molecule has 5 nitrogen and oxygen atoms in total. The van der Waals surface area contributed by atoms with Gasteiger partial charge in [0.05, 0.1) is 0 Å². The molecule has 1 fully saturated rings. The summed E-state index contributed by atoms with van der Waals surface area (Å²) in [6.45, 7) is 1.76. The first-order chi connectivity index (χ1) is 18.8. The fourth-order valence-electron chi connectivity index (χ4n) is 4.87. The molecule has 1 atom stereocenters. The SMILES string of the molecule is Cc1cc(OCC(=O)N(Cc2ccc(Cl)cc2Cl)C(Cc2ccccc2)C(=O)NC2CCCCC2)ccc1Cl. The molecule has 1 aliphatic carbocycles. The summed E-state index contributed by atoms with van der Waals surface area (Å²) >= 11 is 18.8. The lowest BCUT2D eigenvalue weighted by molar-refractivity contribution is -0.143. The van der Waals surface area contributed by atoms with E-state index in [-0.39, 0.29) is 31.0 Å². The van der Waals surface area contributed by atoms with E-state index in [9.17, 15) is 9.59 Å². The Hall–Kier alpha value is -2.73. The van der Waals surface area contributed by atoms with Gasteiger partial charge in [-0.05, 0) is 66.8 Å². The predicted molar refractivity (Wildman–Crippen MR) is 158 cm³/mol. The van der Waals surface area contributed by atoms with Crippen LogP contribution < -0.4 is 10.1 Å². The van der Waals surface area contributed by atoms with Gasteiger partial charge in [0, 0.05) is 34.1 Å². The monoisotopic (exact) mass is 586 g/mol. The van der Waals surface area contributed by atoms with Crippen LogP contribution in [0.15, 0.2) is 66.7 Å². The number of ether oxygens (including phenoxy) is 1. The largest absolute Gasteiger partial charge is 0.484 e. The van der Waals surface area contributed by atoms with Crippen LogP contribution in [0, 0.1) is 6.92 Å². The van der Waals surface area contributed by atoms with Crippen LogP contribution in [-0.2, 0) is 22.6 Å². The van der Waals surface area contributed by atoms with Crippen LogP contribution in [0.25, 0.3) is 0 Å². The topological polar surface area (TPSA) is 58.6 Å². The molecule has 1 aliphatic rings. The third-order valence-corrected chi connectivity index (χ3v) is 8.08. The molecule has 4 rings (SSSR count). The van der Waals surface area contributed by atoms with Gasteiger partial charge in [-0.25, -0.2) is 0 Å². The standard InChI is InChI=1S/C31H33Cl3N2O3/c1-21-16-26(14-15-27(21)33)39-20-30(37)36(19-23-12-13-24(32)18-28(23)34)29(17-22-8-4-2-5-9-22)31(38)35-25-10-6-3-7-11-25/h2,4-5,8-9,12-16,18,25,29H,3,6-7,10-11,17,19-20H2,1H3,(H,35,38). The van der Waals surface area contributed by atoms with Crippen LogP contribution in [0.3, 0.4) is 0 Å². The molecule has 0 radical (unpaired) electrons. The number of hydrogen-bond donors (Lipinski definition) is 1. The smallest absolute Gasteiger partial charge is 0.261 e. The zero-order chi connectivity index (χ0) is 27.8. The highest BCUT2D eigenvalue weighted by molar-refractivity contribution is 6.35. The first kappa shape index (κ1) is 29.3. The van der Waals surface area contributed by atoms with Gasteiger partial charge in [-0.15, -0.1) is 0 Å². The fourth-order valence-corrected chi connectivity index (χ4v) is 5.45. The van der Waals surface area contributed by atoms with Crippen molar-refractivity contribution in [2.45, 2.75) is 64.1 Å². The summed E-state index contributed by atoms with van der Waals surface area (Å²) in [6, 6.07) is 19.5. The Morgan fingerprint density at radius 3 is 2.38 bits per heavy atom. The van der Waals surface area contributed by atoms with Crippen molar-refractivity contribution in [3.8, 4) is 5.75 Å². The molecule has 1 unspecified atom stereocenters. The minimum atomic E-state index is -0.760. The van der Waals surface area contributed by atoms with Gasteiger partial charge in [-0.2, -0.15) is 0 Å². The summed E-state index contributed by atoms with van der Waals surface area (Å²) in [5.74, 6) is 0.0286. The number of hydrogen-bond acceptors (Lipinski definition) is 3. The highest BCUT2D eigenvalue weighted by Crippen LogP contribution is 2.26. The Morgan fingerprint density at radius 1 is 0.949 bits per heavy atom. The molecule has 0 spiro atoms. The molecule has 0 saturated heterocycles. The van der Waals surface area contributed by atoms with Crippen molar-refractivity contribution in [3.05, 3.63) is 98.5 Å². The molecule has 0 aliphatic heterocycles. The van der Waals surface area contributed by atoms with Crippen LogP contribution in [0.4, 0.5) is 0 Å². The third kappa shape index (κ3) is 8.38. The predicted octanol–water partition coefficient (Wildman–Crippen LogP) is 7.42. The molecule has 0 bridgehead atoms. The van der Waals surface area contributed by atoms with Gasteiger partial charge < -0.3 is 15.0 Å². The number of nitrogens with zero attached hydrogens (tertiary/aromatic N) is 1. The van der Waals surface area contributed by atoms with E-state index in [1.165, 1.54) is 6.42 Å². The fraction of sp³-hybridized carbons (Fsp3) is 0.355. The van der Waals surface area contributed by atoms with Crippen LogP contribution >= 0.6 is 34.8 Å². The van der Waals surface area contributed by atoms with Crippen LogP contribution in [-0.4, -0.2) is 35.4 Å². The first-order valence-corrected chi connectivity index (χ1v) is 14.4. The molecule has 3 aromatic rings. The highest BCUT2D eigenvalue weighted by Gasteiger charge is 2.32. The van der Waals surface area contributed by atoms with Gasteiger partial charge in [-0.1, -0.05) is 90.5 Å². The van der Waals surface area contributed by atoms with Crippen molar-refractivity contribution >= 4 is 46.6 Å². The van der Waals surface area contributed by atoms with Crippen molar-refractivity contribution in [2.75, 3.05) is 6.61 Å². The molecule has 3 aromatic carbocycles. The van der Waals surface area contributed by atoms with Crippen molar-refractivity contribution in [1.29, 1.82) is 0 Å². The van der Waals surface area contributed by atoms with Gasteiger partial charge in [0.25, 0.3) is 5.91 Å².